The number of aromatic nitrogens is 1. The van der Waals surface area contributed by atoms with Gasteiger partial charge in [-0.3, -0.25) is 0 Å². The number of oxazole rings is 1. The molecule has 1 aromatic heterocycles. The van der Waals surface area contributed by atoms with Crippen LogP contribution in [0, 0.1) is 0 Å². The van der Waals surface area contributed by atoms with Crippen LogP contribution in [0.1, 0.15) is 17.1 Å². The second-order valence-corrected chi connectivity index (χ2v) is 3.62. The Balaban J connectivity index is 2.08. The van der Waals surface area contributed by atoms with Crippen LogP contribution in [0.5, 0.6) is 5.75 Å². The predicted octanol–water partition coefficient (Wildman–Crippen LogP) is 1.47. The molecule has 2 rings (SSSR count). The quantitative estimate of drug-likeness (QED) is 0.815. The molecule has 0 spiro atoms. The number of nitrogens with zero attached hydrogens (tertiary/aromatic N) is 1. The molecule has 4 nitrogen and oxygen atoms in total. The number of phenolic OH excluding ortho intramolecular Hbond substituents is 1. The average molecular weight is 218 g/mol. The van der Waals surface area contributed by atoms with E-state index >= 15 is 0 Å². The van der Waals surface area contributed by atoms with Crippen molar-refractivity contribution >= 4 is 0 Å². The molecule has 0 aliphatic heterocycles. The van der Waals surface area contributed by atoms with Crippen molar-refractivity contribution in [3.8, 4) is 5.75 Å². The fraction of sp³-hybridized carbons (Fsp3) is 0.250. The van der Waals surface area contributed by atoms with Gasteiger partial charge in [0.2, 0.25) is 0 Å². The molecule has 1 heterocycles. The minimum Gasteiger partial charge on any atom is -0.508 e. The minimum absolute atomic E-state index is 0.267. The Morgan fingerprint density at radius 1 is 1.38 bits per heavy atom. The Morgan fingerprint density at radius 2 is 2.25 bits per heavy atom. The third-order valence-corrected chi connectivity index (χ3v) is 2.25. The van der Waals surface area contributed by atoms with Crippen molar-refractivity contribution in [3.63, 3.8) is 0 Å². The van der Waals surface area contributed by atoms with E-state index in [0.717, 1.165) is 11.3 Å². The molecular formula is C12H14N2O2. The largest absolute Gasteiger partial charge is 0.508 e. The van der Waals surface area contributed by atoms with Crippen LogP contribution in [0.3, 0.4) is 0 Å². The van der Waals surface area contributed by atoms with Gasteiger partial charge in [-0.15, -0.1) is 0 Å². The molecule has 0 radical (unpaired) electrons. The second kappa shape index (κ2) is 4.81. The summed E-state index contributed by atoms with van der Waals surface area (Å²) in [6.07, 6.45) is 2.94. The monoisotopic (exact) mass is 218 g/mol. The van der Waals surface area contributed by atoms with Gasteiger partial charge in [-0.05, 0) is 17.7 Å². The van der Waals surface area contributed by atoms with Gasteiger partial charge >= 0.3 is 0 Å². The Kier molecular flexibility index (Phi) is 3.22. The summed E-state index contributed by atoms with van der Waals surface area (Å²) in [5.74, 6) is 0.931. The van der Waals surface area contributed by atoms with Crippen molar-refractivity contribution in [2.45, 2.75) is 12.8 Å². The third kappa shape index (κ3) is 2.61. The van der Waals surface area contributed by atoms with Gasteiger partial charge in [0.25, 0.3) is 0 Å². The maximum atomic E-state index is 9.32. The highest BCUT2D eigenvalue weighted by Gasteiger charge is 2.04. The van der Waals surface area contributed by atoms with Gasteiger partial charge in [-0.2, -0.15) is 0 Å². The fourth-order valence-corrected chi connectivity index (χ4v) is 1.54. The van der Waals surface area contributed by atoms with Crippen LogP contribution in [0.4, 0.5) is 0 Å². The third-order valence-electron chi connectivity index (χ3n) is 2.25. The molecule has 1 aromatic carbocycles. The zero-order chi connectivity index (χ0) is 11.4. The molecule has 16 heavy (non-hydrogen) atoms. The maximum Gasteiger partial charge on any atom is 0.195 e. The predicted molar refractivity (Wildman–Crippen MR) is 60.2 cm³/mol. The number of hydrogen-bond acceptors (Lipinski definition) is 4. The standard InChI is InChI=1S/C12H14N2O2/c13-5-4-12-14-10(8-16-12)6-9-2-1-3-11(15)7-9/h1-3,7-8,15H,4-6,13H2. The molecule has 0 aliphatic carbocycles. The molecule has 0 amide bonds. The van der Waals surface area contributed by atoms with E-state index in [4.69, 9.17) is 10.2 Å². The molecule has 2 aromatic rings. The number of phenols is 1. The molecule has 84 valence electrons. The molecular weight excluding hydrogens is 204 g/mol. The van der Waals surface area contributed by atoms with Gasteiger partial charge in [-0.25, -0.2) is 4.98 Å². The minimum atomic E-state index is 0.267. The molecule has 4 heteroatoms. The highest BCUT2D eigenvalue weighted by molar-refractivity contribution is 5.29. The zero-order valence-electron chi connectivity index (χ0n) is 8.89. The van der Waals surface area contributed by atoms with E-state index in [1.807, 2.05) is 12.1 Å². The number of aromatic hydroxyl groups is 1. The Morgan fingerprint density at radius 3 is 3.00 bits per heavy atom. The van der Waals surface area contributed by atoms with E-state index in [1.54, 1.807) is 18.4 Å². The highest BCUT2D eigenvalue weighted by Crippen LogP contribution is 2.14. The zero-order valence-corrected chi connectivity index (χ0v) is 8.89. The summed E-state index contributed by atoms with van der Waals surface area (Å²) in [5.41, 5.74) is 7.27. The Labute approximate surface area is 93.7 Å². The molecule has 3 N–H and O–H groups in total. The average Bonchev–Trinajstić information content (AvgIpc) is 2.66. The molecule has 0 saturated heterocycles. The van der Waals surface area contributed by atoms with Crippen LogP contribution >= 0.6 is 0 Å². The van der Waals surface area contributed by atoms with Gasteiger partial charge in [-0.1, -0.05) is 12.1 Å². The van der Waals surface area contributed by atoms with Crippen LogP contribution in [0.25, 0.3) is 0 Å². The first-order chi connectivity index (χ1) is 7.78. The molecule has 0 bridgehead atoms. The van der Waals surface area contributed by atoms with Gasteiger partial charge in [0.05, 0.1) is 5.69 Å². The lowest BCUT2D eigenvalue weighted by molar-refractivity contribution is 0.474. The smallest absolute Gasteiger partial charge is 0.195 e. The SMILES string of the molecule is NCCc1nc(Cc2cccc(O)c2)co1. The van der Waals surface area contributed by atoms with Crippen LogP contribution in [-0.2, 0) is 12.8 Å². The molecule has 0 aliphatic rings. The van der Waals surface area contributed by atoms with E-state index < -0.39 is 0 Å². The van der Waals surface area contributed by atoms with Crippen molar-refractivity contribution < 1.29 is 9.52 Å². The lowest BCUT2D eigenvalue weighted by Crippen LogP contribution is -2.02. The van der Waals surface area contributed by atoms with Crippen molar-refractivity contribution in [1.29, 1.82) is 0 Å². The number of benzene rings is 1. The summed E-state index contributed by atoms with van der Waals surface area (Å²) in [6, 6.07) is 7.12. The Bertz CT molecular complexity index is 466. The second-order valence-electron chi connectivity index (χ2n) is 3.62. The van der Waals surface area contributed by atoms with Gasteiger partial charge < -0.3 is 15.3 Å². The Hall–Kier alpha value is -1.81. The summed E-state index contributed by atoms with van der Waals surface area (Å²) in [5, 5.41) is 9.32. The van der Waals surface area contributed by atoms with E-state index in [2.05, 4.69) is 4.98 Å². The number of hydrogen-bond donors (Lipinski definition) is 2. The van der Waals surface area contributed by atoms with Crippen molar-refractivity contribution in [1.82, 2.24) is 4.98 Å². The van der Waals surface area contributed by atoms with Gasteiger partial charge in [0.1, 0.15) is 12.0 Å². The number of nitrogens with two attached hydrogens (primary N) is 1. The van der Waals surface area contributed by atoms with Gasteiger partial charge in [0.15, 0.2) is 5.89 Å². The van der Waals surface area contributed by atoms with Crippen molar-refractivity contribution in [2.75, 3.05) is 6.54 Å². The lowest BCUT2D eigenvalue weighted by atomic mass is 10.1. The maximum absolute atomic E-state index is 9.32. The summed E-state index contributed by atoms with van der Waals surface area (Å²) >= 11 is 0. The van der Waals surface area contributed by atoms with Crippen LogP contribution in [-0.4, -0.2) is 16.6 Å². The lowest BCUT2D eigenvalue weighted by Gasteiger charge is -1.97. The van der Waals surface area contributed by atoms with Gasteiger partial charge in [0, 0.05) is 19.4 Å². The highest BCUT2D eigenvalue weighted by atomic mass is 16.3. The summed E-state index contributed by atoms with van der Waals surface area (Å²) in [4.78, 5) is 4.30. The van der Waals surface area contributed by atoms with E-state index in [0.29, 0.717) is 25.3 Å². The van der Waals surface area contributed by atoms with E-state index in [-0.39, 0.29) is 5.75 Å². The normalized spacial score (nSPS) is 10.6. The topological polar surface area (TPSA) is 72.3 Å². The van der Waals surface area contributed by atoms with E-state index in [1.165, 1.54) is 0 Å². The molecule has 0 atom stereocenters. The van der Waals surface area contributed by atoms with Crippen molar-refractivity contribution in [2.24, 2.45) is 5.73 Å². The van der Waals surface area contributed by atoms with Crippen LogP contribution < -0.4 is 5.73 Å². The first kappa shape index (κ1) is 10.7. The van der Waals surface area contributed by atoms with Crippen LogP contribution in [0.2, 0.25) is 0 Å². The summed E-state index contributed by atoms with van der Waals surface area (Å²) < 4.78 is 5.25. The van der Waals surface area contributed by atoms with Crippen LogP contribution in [0.15, 0.2) is 34.9 Å². The summed E-state index contributed by atoms with van der Waals surface area (Å²) in [6.45, 7) is 0.534. The number of rotatable bonds is 4. The molecule has 0 saturated carbocycles. The fourth-order valence-electron chi connectivity index (χ4n) is 1.54. The van der Waals surface area contributed by atoms with E-state index in [9.17, 15) is 5.11 Å². The molecule has 0 unspecified atom stereocenters. The first-order valence-corrected chi connectivity index (χ1v) is 5.19. The molecule has 0 fully saturated rings. The van der Waals surface area contributed by atoms with Crippen molar-refractivity contribution in [3.05, 3.63) is 47.7 Å². The first-order valence-electron chi connectivity index (χ1n) is 5.19. The summed E-state index contributed by atoms with van der Waals surface area (Å²) in [7, 11) is 0.